The number of nitrogens with two attached hydrogens (primary N) is 2. The first-order valence-electron chi connectivity index (χ1n) is 2.94. The minimum Gasteiger partial charge on any atom is -0.473 e. The molecule has 0 aromatic rings. The summed E-state index contributed by atoms with van der Waals surface area (Å²) in [4.78, 5) is -1.17. The van der Waals surface area contributed by atoms with E-state index >= 15 is 0 Å². The molecule has 1 rings (SSSR count). The molecule has 4 nitrogen and oxygen atoms in total. The molecule has 0 aliphatic carbocycles. The Hall–Kier alpha value is -1.10. The van der Waals surface area contributed by atoms with Crippen LogP contribution in [0.25, 0.3) is 0 Å². The lowest BCUT2D eigenvalue weighted by molar-refractivity contribution is 0.209. The number of nitrogens with one attached hydrogen (secondary N) is 1. The van der Waals surface area contributed by atoms with Crippen LogP contribution in [-0.4, -0.2) is 10.8 Å². The summed E-state index contributed by atoms with van der Waals surface area (Å²) in [5.41, 5.74) is 11.1. The molecule has 0 radical (unpaired) electrons. The molecule has 0 bridgehead atoms. The summed E-state index contributed by atoms with van der Waals surface area (Å²) in [5.74, 6) is -0.187. The summed E-state index contributed by atoms with van der Waals surface area (Å²) in [6.07, 6.45) is 4.40. The Labute approximate surface area is 69.8 Å². The zero-order valence-corrected chi connectivity index (χ0v) is 6.64. The SMILES string of the molecule is N=C(N)C1(S)C=C(N)C=CO1. The van der Waals surface area contributed by atoms with Crippen molar-refractivity contribution in [1.82, 2.24) is 0 Å². The average Bonchev–Trinajstić information content (AvgIpc) is 1.86. The molecular weight excluding hydrogens is 162 g/mol. The predicted octanol–water partition coefficient (Wildman–Crippen LogP) is -0.0650. The lowest BCUT2D eigenvalue weighted by Crippen LogP contribution is -2.39. The second kappa shape index (κ2) is 2.50. The van der Waals surface area contributed by atoms with Gasteiger partial charge >= 0.3 is 0 Å². The minimum absolute atomic E-state index is 0.187. The van der Waals surface area contributed by atoms with Crippen molar-refractivity contribution in [1.29, 1.82) is 5.41 Å². The lowest BCUT2D eigenvalue weighted by atomic mass is 10.2. The maximum absolute atomic E-state index is 7.12. The van der Waals surface area contributed by atoms with E-state index in [2.05, 4.69) is 12.6 Å². The van der Waals surface area contributed by atoms with Gasteiger partial charge in [0.05, 0.1) is 6.26 Å². The third kappa shape index (κ3) is 1.48. The van der Waals surface area contributed by atoms with E-state index in [4.69, 9.17) is 21.6 Å². The molecule has 1 aliphatic rings. The van der Waals surface area contributed by atoms with Crippen LogP contribution in [0, 0.1) is 5.41 Å². The van der Waals surface area contributed by atoms with Gasteiger partial charge in [-0.05, 0) is 6.08 Å². The monoisotopic (exact) mass is 171 g/mol. The van der Waals surface area contributed by atoms with Crippen LogP contribution in [0.15, 0.2) is 24.1 Å². The van der Waals surface area contributed by atoms with Crippen LogP contribution in [0.1, 0.15) is 0 Å². The van der Waals surface area contributed by atoms with E-state index in [9.17, 15) is 0 Å². The zero-order chi connectivity index (χ0) is 8.48. The van der Waals surface area contributed by atoms with E-state index in [1.807, 2.05) is 0 Å². The Morgan fingerprint density at radius 1 is 1.73 bits per heavy atom. The van der Waals surface area contributed by atoms with Gasteiger partial charge in [0.25, 0.3) is 0 Å². The molecule has 11 heavy (non-hydrogen) atoms. The average molecular weight is 171 g/mol. The number of hydrogen-bond acceptors (Lipinski definition) is 4. The lowest BCUT2D eigenvalue weighted by Gasteiger charge is -2.25. The molecule has 1 heterocycles. The van der Waals surface area contributed by atoms with Crippen LogP contribution in [0.5, 0.6) is 0 Å². The molecule has 0 fully saturated rings. The summed E-state index contributed by atoms with van der Waals surface area (Å²) >= 11 is 4.02. The van der Waals surface area contributed by atoms with Gasteiger partial charge in [0.15, 0.2) is 5.84 Å². The molecule has 0 saturated carbocycles. The van der Waals surface area contributed by atoms with Gasteiger partial charge in [0, 0.05) is 11.8 Å². The van der Waals surface area contributed by atoms with Crippen molar-refractivity contribution < 1.29 is 4.74 Å². The molecule has 5 heteroatoms. The standard InChI is InChI=1S/C6H9N3OS/c7-4-1-2-10-6(11,3-4)5(8)9/h1-3,11H,7H2,(H3,8,9). The van der Waals surface area contributed by atoms with Crippen molar-refractivity contribution in [3.05, 3.63) is 24.1 Å². The minimum atomic E-state index is -1.17. The summed E-state index contributed by atoms with van der Waals surface area (Å²) < 4.78 is 4.97. The van der Waals surface area contributed by atoms with Crippen molar-refractivity contribution in [3.8, 4) is 0 Å². The fourth-order valence-corrected chi connectivity index (χ4v) is 0.876. The number of thiol groups is 1. The first-order valence-corrected chi connectivity index (χ1v) is 3.39. The second-order valence-corrected chi connectivity index (χ2v) is 2.84. The normalized spacial score (nSPS) is 29.0. The Balaban J connectivity index is 2.92. The van der Waals surface area contributed by atoms with Gasteiger partial charge < -0.3 is 16.2 Å². The van der Waals surface area contributed by atoms with Gasteiger partial charge in [-0.2, -0.15) is 0 Å². The van der Waals surface area contributed by atoms with Crippen LogP contribution < -0.4 is 11.5 Å². The van der Waals surface area contributed by atoms with E-state index in [-0.39, 0.29) is 5.84 Å². The summed E-state index contributed by atoms with van der Waals surface area (Å²) in [7, 11) is 0. The van der Waals surface area contributed by atoms with Gasteiger partial charge in [0.2, 0.25) is 4.93 Å². The summed E-state index contributed by atoms with van der Waals surface area (Å²) in [6, 6.07) is 0. The van der Waals surface area contributed by atoms with Crippen LogP contribution >= 0.6 is 12.6 Å². The van der Waals surface area contributed by atoms with Crippen molar-refractivity contribution in [2.24, 2.45) is 11.5 Å². The van der Waals surface area contributed by atoms with Crippen molar-refractivity contribution in [2.45, 2.75) is 4.93 Å². The van der Waals surface area contributed by atoms with Crippen LogP contribution in [-0.2, 0) is 4.74 Å². The van der Waals surface area contributed by atoms with E-state index in [1.165, 1.54) is 12.3 Å². The summed E-state index contributed by atoms with van der Waals surface area (Å²) in [6.45, 7) is 0. The molecule has 0 amide bonds. The van der Waals surface area contributed by atoms with E-state index < -0.39 is 4.93 Å². The Morgan fingerprint density at radius 2 is 2.36 bits per heavy atom. The Kier molecular flexibility index (Phi) is 1.82. The first kappa shape index (κ1) is 8.00. The number of amidine groups is 1. The molecule has 5 N–H and O–H groups in total. The van der Waals surface area contributed by atoms with E-state index in [1.54, 1.807) is 6.08 Å². The van der Waals surface area contributed by atoms with Crippen LogP contribution in [0.3, 0.4) is 0 Å². The van der Waals surface area contributed by atoms with Crippen molar-refractivity contribution in [3.63, 3.8) is 0 Å². The molecule has 0 aromatic carbocycles. The third-order valence-corrected chi connectivity index (χ3v) is 1.73. The summed E-state index contributed by atoms with van der Waals surface area (Å²) in [5, 5.41) is 7.12. The highest BCUT2D eigenvalue weighted by molar-refractivity contribution is 7.82. The highest BCUT2D eigenvalue weighted by Crippen LogP contribution is 2.22. The van der Waals surface area contributed by atoms with Gasteiger partial charge in [0.1, 0.15) is 0 Å². The molecule has 60 valence electrons. The smallest absolute Gasteiger partial charge is 0.228 e. The quantitative estimate of drug-likeness (QED) is 0.253. The molecule has 1 aliphatic heterocycles. The number of allylic oxidation sites excluding steroid dienone is 1. The predicted molar refractivity (Wildman–Crippen MR) is 46.1 cm³/mol. The van der Waals surface area contributed by atoms with Crippen molar-refractivity contribution >= 4 is 18.5 Å². The molecule has 1 atom stereocenters. The fraction of sp³-hybridized carbons (Fsp3) is 0.167. The van der Waals surface area contributed by atoms with Crippen molar-refractivity contribution in [2.75, 3.05) is 0 Å². The number of ether oxygens (including phenoxy) is 1. The van der Waals surface area contributed by atoms with Gasteiger partial charge in [-0.15, -0.1) is 12.6 Å². The van der Waals surface area contributed by atoms with Gasteiger partial charge in [-0.25, -0.2) is 0 Å². The molecule has 0 saturated heterocycles. The third-order valence-electron chi connectivity index (χ3n) is 1.26. The van der Waals surface area contributed by atoms with Crippen LogP contribution in [0.2, 0.25) is 0 Å². The fourth-order valence-electron chi connectivity index (χ4n) is 0.666. The largest absolute Gasteiger partial charge is 0.473 e. The highest BCUT2D eigenvalue weighted by atomic mass is 32.1. The molecular formula is C6H9N3OS. The Morgan fingerprint density at radius 3 is 2.73 bits per heavy atom. The molecule has 0 aromatic heterocycles. The topological polar surface area (TPSA) is 85.1 Å². The number of hydrogen-bond donors (Lipinski definition) is 4. The van der Waals surface area contributed by atoms with Gasteiger partial charge in [-0.3, -0.25) is 5.41 Å². The van der Waals surface area contributed by atoms with E-state index in [0.717, 1.165) is 0 Å². The zero-order valence-electron chi connectivity index (χ0n) is 5.74. The second-order valence-electron chi connectivity index (χ2n) is 2.18. The highest BCUT2D eigenvalue weighted by Gasteiger charge is 2.29. The molecule has 0 spiro atoms. The first-order chi connectivity index (χ1) is 5.04. The maximum Gasteiger partial charge on any atom is 0.228 e. The Bertz CT molecular complexity index is 248. The molecule has 1 unspecified atom stereocenters. The van der Waals surface area contributed by atoms with Gasteiger partial charge in [-0.1, -0.05) is 0 Å². The van der Waals surface area contributed by atoms with E-state index in [0.29, 0.717) is 5.70 Å². The number of rotatable bonds is 1. The maximum atomic E-state index is 7.12. The van der Waals surface area contributed by atoms with Crippen LogP contribution in [0.4, 0.5) is 0 Å².